The van der Waals surface area contributed by atoms with E-state index in [1.54, 1.807) is 0 Å². The predicted molar refractivity (Wildman–Crippen MR) is 45.5 cm³/mol. The minimum absolute atomic E-state index is 0.135. The summed E-state index contributed by atoms with van der Waals surface area (Å²) >= 11 is 5.62. The Hall–Kier alpha value is -1.56. The van der Waals surface area contributed by atoms with Crippen molar-refractivity contribution in [2.24, 2.45) is 0 Å². The third-order valence-electron chi connectivity index (χ3n) is 1.40. The summed E-state index contributed by atoms with van der Waals surface area (Å²) in [6, 6.07) is 0. The molecule has 0 aliphatic carbocycles. The topological polar surface area (TPSA) is 106 Å². The Morgan fingerprint density at radius 1 is 1.25 bits per heavy atom. The van der Waals surface area contributed by atoms with E-state index in [0.717, 1.165) is 0 Å². The fraction of sp³-hybridized carbons (Fsp3) is 0. The Morgan fingerprint density at radius 2 is 2.00 bits per heavy atom. The maximum atomic E-state index is 5.62. The first kappa shape index (κ1) is 7.11. The first-order chi connectivity index (χ1) is 5.68. The highest BCUT2D eigenvalue weighted by Gasteiger charge is 2.08. The van der Waals surface area contributed by atoms with Crippen LogP contribution in [-0.4, -0.2) is 20.2 Å². The first-order valence-electron chi connectivity index (χ1n) is 3.11. The molecule has 0 amide bonds. The quantitative estimate of drug-likeness (QED) is 0.541. The van der Waals surface area contributed by atoms with Gasteiger partial charge >= 0.3 is 0 Å². The number of nitrogens with one attached hydrogen (secondary N) is 1. The summed E-state index contributed by atoms with van der Waals surface area (Å²) in [6.07, 6.45) is 0. The molecular formula is C5H5ClN6. The molecule has 0 unspecified atom stereocenters. The number of aromatic nitrogens is 4. The molecule has 0 atom stereocenters. The first-order valence-corrected chi connectivity index (χ1v) is 3.49. The highest BCUT2D eigenvalue weighted by molar-refractivity contribution is 6.31. The summed E-state index contributed by atoms with van der Waals surface area (Å²) in [4.78, 5) is 7.75. The molecule has 0 fully saturated rings. The maximum absolute atomic E-state index is 5.62. The number of fused-ring (bicyclic) bond motifs is 1. The number of hydrogen-bond donors (Lipinski definition) is 3. The summed E-state index contributed by atoms with van der Waals surface area (Å²) in [7, 11) is 0. The molecule has 2 heterocycles. The maximum Gasteiger partial charge on any atom is 0.203 e. The van der Waals surface area contributed by atoms with E-state index < -0.39 is 0 Å². The lowest BCUT2D eigenvalue weighted by atomic mass is 10.5. The summed E-state index contributed by atoms with van der Waals surface area (Å²) < 4.78 is 0. The molecule has 7 heteroatoms. The van der Waals surface area contributed by atoms with Crippen LogP contribution >= 0.6 is 11.6 Å². The molecule has 0 aliphatic rings. The number of nitrogen functional groups attached to an aromatic ring is 2. The van der Waals surface area contributed by atoms with Crippen LogP contribution in [0.4, 0.5) is 11.6 Å². The van der Waals surface area contributed by atoms with Crippen LogP contribution in [0.3, 0.4) is 0 Å². The Balaban J connectivity index is 2.87. The van der Waals surface area contributed by atoms with Gasteiger partial charge in [-0.3, -0.25) is 5.10 Å². The lowest BCUT2D eigenvalue weighted by molar-refractivity contribution is 1.10. The van der Waals surface area contributed by atoms with Gasteiger partial charge in [-0.2, -0.15) is 5.10 Å². The average molecular weight is 185 g/mol. The molecule has 0 saturated heterocycles. The number of rotatable bonds is 0. The monoisotopic (exact) mass is 184 g/mol. The van der Waals surface area contributed by atoms with Gasteiger partial charge in [0, 0.05) is 0 Å². The second-order valence-corrected chi connectivity index (χ2v) is 2.57. The number of H-pyrrole nitrogens is 1. The van der Waals surface area contributed by atoms with Crippen molar-refractivity contribution in [1.29, 1.82) is 0 Å². The van der Waals surface area contributed by atoms with Gasteiger partial charge < -0.3 is 11.5 Å². The van der Waals surface area contributed by atoms with Gasteiger partial charge in [0.05, 0.1) is 0 Å². The van der Waals surface area contributed by atoms with Gasteiger partial charge in [-0.15, -0.1) is 0 Å². The van der Waals surface area contributed by atoms with Crippen molar-refractivity contribution >= 4 is 34.4 Å². The highest BCUT2D eigenvalue weighted by atomic mass is 35.5. The van der Waals surface area contributed by atoms with Crippen LogP contribution in [0.5, 0.6) is 0 Å². The zero-order chi connectivity index (χ0) is 8.72. The number of nitrogens with two attached hydrogens (primary N) is 2. The van der Waals surface area contributed by atoms with Crippen LogP contribution in [0, 0.1) is 0 Å². The zero-order valence-corrected chi connectivity index (χ0v) is 6.63. The molecule has 5 N–H and O–H groups in total. The van der Waals surface area contributed by atoms with Crippen molar-refractivity contribution in [2.45, 2.75) is 0 Å². The van der Waals surface area contributed by atoms with Gasteiger partial charge in [0.25, 0.3) is 0 Å². The van der Waals surface area contributed by atoms with Crippen LogP contribution in [0.1, 0.15) is 0 Å². The third-order valence-corrected chi connectivity index (χ3v) is 1.67. The molecule has 2 aromatic heterocycles. The molecule has 0 spiro atoms. The molecule has 0 aliphatic heterocycles. The molecular weight excluding hydrogens is 180 g/mol. The van der Waals surface area contributed by atoms with Crippen molar-refractivity contribution in [3.8, 4) is 0 Å². The van der Waals surface area contributed by atoms with Crippen LogP contribution in [-0.2, 0) is 0 Å². The SMILES string of the molecule is Nc1nc2n[nH]c(N)c2nc1Cl. The van der Waals surface area contributed by atoms with Gasteiger partial charge in [0.2, 0.25) is 5.65 Å². The number of anilines is 2. The number of halogens is 1. The van der Waals surface area contributed by atoms with E-state index >= 15 is 0 Å². The van der Waals surface area contributed by atoms with Crippen LogP contribution in [0.25, 0.3) is 11.2 Å². The Morgan fingerprint density at radius 3 is 2.75 bits per heavy atom. The predicted octanol–water partition coefficient (Wildman–Crippen LogP) is 0.171. The average Bonchev–Trinajstić information content (AvgIpc) is 2.35. The molecule has 0 aromatic carbocycles. The van der Waals surface area contributed by atoms with Crippen molar-refractivity contribution in [3.63, 3.8) is 0 Å². The second kappa shape index (κ2) is 2.21. The largest absolute Gasteiger partial charge is 0.382 e. The van der Waals surface area contributed by atoms with E-state index in [1.165, 1.54) is 0 Å². The van der Waals surface area contributed by atoms with E-state index in [1.807, 2.05) is 0 Å². The number of nitrogens with zero attached hydrogens (tertiary/aromatic N) is 3. The lowest BCUT2D eigenvalue weighted by Crippen LogP contribution is -1.94. The molecule has 6 nitrogen and oxygen atoms in total. The minimum atomic E-state index is 0.135. The molecule has 0 bridgehead atoms. The van der Waals surface area contributed by atoms with E-state index in [-0.39, 0.29) is 11.0 Å². The molecule has 2 rings (SSSR count). The van der Waals surface area contributed by atoms with Gasteiger partial charge in [0.1, 0.15) is 5.82 Å². The summed E-state index contributed by atoms with van der Waals surface area (Å²) in [5.74, 6) is 0.482. The fourth-order valence-electron chi connectivity index (χ4n) is 0.843. The Bertz CT molecular complexity index is 435. The van der Waals surface area contributed by atoms with Gasteiger partial charge in [0.15, 0.2) is 16.5 Å². The van der Waals surface area contributed by atoms with Gasteiger partial charge in [-0.25, -0.2) is 9.97 Å². The molecule has 12 heavy (non-hydrogen) atoms. The van der Waals surface area contributed by atoms with Gasteiger partial charge in [-0.05, 0) is 0 Å². The van der Waals surface area contributed by atoms with Crippen LogP contribution in [0.2, 0.25) is 5.15 Å². The zero-order valence-electron chi connectivity index (χ0n) is 5.87. The Kier molecular flexibility index (Phi) is 1.31. The van der Waals surface area contributed by atoms with E-state index in [9.17, 15) is 0 Å². The number of hydrogen-bond acceptors (Lipinski definition) is 5. The normalized spacial score (nSPS) is 10.8. The van der Waals surface area contributed by atoms with Crippen molar-refractivity contribution in [1.82, 2.24) is 20.2 Å². The van der Waals surface area contributed by atoms with Crippen molar-refractivity contribution in [2.75, 3.05) is 11.5 Å². The van der Waals surface area contributed by atoms with E-state index in [0.29, 0.717) is 17.0 Å². The molecule has 0 radical (unpaired) electrons. The minimum Gasteiger partial charge on any atom is -0.382 e. The Labute approximate surface area is 71.9 Å². The second-order valence-electron chi connectivity index (χ2n) is 2.21. The van der Waals surface area contributed by atoms with E-state index in [2.05, 4.69) is 20.2 Å². The highest BCUT2D eigenvalue weighted by Crippen LogP contribution is 2.19. The van der Waals surface area contributed by atoms with Crippen LogP contribution < -0.4 is 11.5 Å². The summed E-state index contributed by atoms with van der Waals surface area (Å²) in [6.45, 7) is 0. The lowest BCUT2D eigenvalue weighted by Gasteiger charge is -1.94. The summed E-state index contributed by atoms with van der Waals surface area (Å²) in [5, 5.41) is 6.41. The van der Waals surface area contributed by atoms with Crippen LogP contribution in [0.15, 0.2) is 0 Å². The van der Waals surface area contributed by atoms with Crippen molar-refractivity contribution in [3.05, 3.63) is 5.15 Å². The molecule has 62 valence electrons. The third kappa shape index (κ3) is 0.850. The summed E-state index contributed by atoms with van der Waals surface area (Å²) in [5.41, 5.74) is 11.7. The fourth-order valence-corrected chi connectivity index (χ4v) is 0.970. The standard InChI is InChI=1S/C5H5ClN6/c6-2-4(8)10-5-1(9-2)3(7)11-12-5/h(H5,7,8,10,11,12). The smallest absolute Gasteiger partial charge is 0.203 e. The molecule has 2 aromatic rings. The van der Waals surface area contributed by atoms with Gasteiger partial charge in [-0.1, -0.05) is 11.6 Å². The number of aromatic amines is 1. The van der Waals surface area contributed by atoms with Crippen molar-refractivity contribution < 1.29 is 0 Å². The van der Waals surface area contributed by atoms with E-state index in [4.69, 9.17) is 23.1 Å². The molecule has 0 saturated carbocycles.